The van der Waals surface area contributed by atoms with E-state index in [2.05, 4.69) is 5.32 Å². The van der Waals surface area contributed by atoms with Crippen molar-refractivity contribution >= 4 is 49.2 Å². The molecule has 13 heteroatoms. The Kier molecular flexibility index (Phi) is 7.31. The lowest BCUT2D eigenvalue weighted by molar-refractivity contribution is -0.646. The standard InChI is InChI=1S/C27H30N4O7S2/c1-27(2,3)14-18(28-26(34)38-21-16-39-22-9-5-4-8-17(21)22)25(33)29-13-11-19-24(29)20(32)15-31(19)40(36,37)23-10-6-7-12-30(23)35/h4-10,12,16,18-19,24H,11,13-15H2,1-3H3,(H,28,34). The molecule has 3 aromatic rings. The Labute approximate surface area is 236 Å². The van der Waals surface area contributed by atoms with Crippen LogP contribution in [-0.2, 0) is 19.6 Å². The number of carbonyl (C=O) groups excluding carboxylic acids is 3. The molecule has 4 heterocycles. The number of benzene rings is 1. The number of thiophene rings is 1. The van der Waals surface area contributed by atoms with Crippen LogP contribution in [0.3, 0.4) is 0 Å². The van der Waals surface area contributed by atoms with Crippen LogP contribution < -0.4 is 14.8 Å². The maximum Gasteiger partial charge on any atom is 0.413 e. The first kappa shape index (κ1) is 28.0. The summed E-state index contributed by atoms with van der Waals surface area (Å²) in [5.41, 5.74) is -0.369. The molecule has 1 aromatic carbocycles. The van der Waals surface area contributed by atoms with Crippen molar-refractivity contribution in [2.45, 2.75) is 56.8 Å². The van der Waals surface area contributed by atoms with E-state index in [-0.39, 0.29) is 29.5 Å². The largest absolute Gasteiger partial charge is 0.618 e. The van der Waals surface area contributed by atoms with Crippen LogP contribution in [0.1, 0.15) is 33.6 Å². The van der Waals surface area contributed by atoms with Crippen LogP contribution >= 0.6 is 11.3 Å². The highest BCUT2D eigenvalue weighted by atomic mass is 32.2. The molecule has 2 aromatic heterocycles. The number of fused-ring (bicyclic) bond motifs is 2. The number of hydrogen-bond donors (Lipinski definition) is 1. The third-order valence-electron chi connectivity index (χ3n) is 7.08. The van der Waals surface area contributed by atoms with Gasteiger partial charge in [-0.25, -0.2) is 13.2 Å². The van der Waals surface area contributed by atoms with Crippen LogP contribution in [0.25, 0.3) is 10.1 Å². The van der Waals surface area contributed by atoms with Crippen LogP contribution in [0.15, 0.2) is 59.1 Å². The predicted molar refractivity (Wildman–Crippen MR) is 147 cm³/mol. The normalized spacial score (nSPS) is 20.5. The molecule has 0 spiro atoms. The fourth-order valence-corrected chi connectivity index (χ4v) is 7.91. The monoisotopic (exact) mass is 586 g/mol. The highest BCUT2D eigenvalue weighted by Gasteiger charge is 2.55. The van der Waals surface area contributed by atoms with E-state index < -0.39 is 57.5 Å². The molecule has 0 saturated carbocycles. The van der Waals surface area contributed by atoms with Gasteiger partial charge in [-0.3, -0.25) is 9.59 Å². The SMILES string of the molecule is CC(C)(C)CC(NC(=O)Oc1csc2ccccc12)C(=O)N1CCC2C1C(=O)CN2S(=O)(=O)c1cccc[n+]1[O-]. The molecule has 0 bridgehead atoms. The van der Waals surface area contributed by atoms with Crippen molar-refractivity contribution in [3.8, 4) is 5.75 Å². The van der Waals surface area contributed by atoms with E-state index in [1.165, 1.54) is 34.4 Å². The van der Waals surface area contributed by atoms with Crippen LogP contribution in [0.4, 0.5) is 4.79 Å². The zero-order valence-electron chi connectivity index (χ0n) is 22.3. The van der Waals surface area contributed by atoms with Gasteiger partial charge in [0.25, 0.3) is 0 Å². The van der Waals surface area contributed by atoms with Crippen molar-refractivity contribution in [2.75, 3.05) is 13.1 Å². The average Bonchev–Trinajstić information content (AvgIpc) is 3.58. The van der Waals surface area contributed by atoms with Gasteiger partial charge in [0.1, 0.15) is 12.1 Å². The number of rotatable bonds is 6. The molecular formula is C27H30N4O7S2. The average molecular weight is 587 g/mol. The van der Waals surface area contributed by atoms with Gasteiger partial charge in [0.05, 0.1) is 12.6 Å². The number of aromatic nitrogens is 1. The highest BCUT2D eigenvalue weighted by Crippen LogP contribution is 2.35. The van der Waals surface area contributed by atoms with Gasteiger partial charge in [-0.1, -0.05) is 32.9 Å². The summed E-state index contributed by atoms with van der Waals surface area (Å²) < 4.78 is 34.4. The Morgan fingerprint density at radius 3 is 2.65 bits per heavy atom. The Hall–Kier alpha value is -3.55. The van der Waals surface area contributed by atoms with Crippen molar-refractivity contribution in [3.63, 3.8) is 0 Å². The second-order valence-electron chi connectivity index (χ2n) is 11.2. The summed E-state index contributed by atoms with van der Waals surface area (Å²) in [6.45, 7) is 5.46. The minimum absolute atomic E-state index is 0.130. The summed E-state index contributed by atoms with van der Waals surface area (Å²) in [6.07, 6.45) is 0.761. The van der Waals surface area contributed by atoms with E-state index in [1.54, 1.807) is 5.38 Å². The molecule has 3 unspecified atom stereocenters. The van der Waals surface area contributed by atoms with E-state index in [1.807, 2.05) is 45.0 Å². The van der Waals surface area contributed by atoms with Crippen molar-refractivity contribution < 1.29 is 32.3 Å². The second-order valence-corrected chi connectivity index (χ2v) is 13.9. The first-order chi connectivity index (χ1) is 18.9. The fourth-order valence-electron chi connectivity index (χ4n) is 5.39. The summed E-state index contributed by atoms with van der Waals surface area (Å²) in [6, 6.07) is 8.69. The van der Waals surface area contributed by atoms with Crippen LogP contribution in [0, 0.1) is 10.6 Å². The molecule has 40 heavy (non-hydrogen) atoms. The van der Waals surface area contributed by atoms with Gasteiger partial charge >= 0.3 is 21.1 Å². The lowest BCUT2D eigenvalue weighted by Crippen LogP contribution is -2.54. The van der Waals surface area contributed by atoms with Crippen LogP contribution in [-0.4, -0.2) is 66.6 Å². The Morgan fingerprint density at radius 1 is 1.20 bits per heavy atom. The van der Waals surface area contributed by atoms with Crippen LogP contribution in [0.5, 0.6) is 5.75 Å². The third-order valence-corrected chi connectivity index (χ3v) is 9.88. The predicted octanol–water partition coefficient (Wildman–Crippen LogP) is 2.67. The molecular weight excluding hydrogens is 556 g/mol. The zero-order chi connectivity index (χ0) is 28.8. The van der Waals surface area contributed by atoms with E-state index in [9.17, 15) is 28.0 Å². The number of ether oxygens (including phenoxy) is 1. The molecule has 2 fully saturated rings. The lowest BCUT2D eigenvalue weighted by atomic mass is 9.87. The molecule has 2 aliphatic rings. The Morgan fingerprint density at radius 2 is 1.93 bits per heavy atom. The lowest BCUT2D eigenvalue weighted by Gasteiger charge is -2.31. The molecule has 11 nitrogen and oxygen atoms in total. The number of pyridine rings is 1. The summed E-state index contributed by atoms with van der Waals surface area (Å²) in [7, 11) is -4.28. The van der Waals surface area contributed by atoms with Gasteiger partial charge in [-0.2, -0.15) is 9.04 Å². The Balaban J connectivity index is 1.35. The first-order valence-electron chi connectivity index (χ1n) is 12.8. The van der Waals surface area contributed by atoms with E-state index in [4.69, 9.17) is 4.74 Å². The molecule has 2 amide bonds. The van der Waals surface area contributed by atoms with Gasteiger partial charge in [0, 0.05) is 34.1 Å². The van der Waals surface area contributed by atoms with Gasteiger partial charge in [-0.15, -0.1) is 11.3 Å². The first-order valence-corrected chi connectivity index (χ1v) is 15.2. The quantitative estimate of drug-likeness (QED) is 0.346. The summed E-state index contributed by atoms with van der Waals surface area (Å²) in [5.74, 6) is -0.542. The zero-order valence-corrected chi connectivity index (χ0v) is 23.9. The van der Waals surface area contributed by atoms with Gasteiger partial charge in [0.2, 0.25) is 5.91 Å². The molecule has 2 saturated heterocycles. The molecule has 0 radical (unpaired) electrons. The van der Waals surface area contributed by atoms with Crippen molar-refractivity contribution in [1.29, 1.82) is 0 Å². The Bertz CT molecular complexity index is 1580. The second kappa shape index (κ2) is 10.5. The highest BCUT2D eigenvalue weighted by molar-refractivity contribution is 7.89. The smallest absolute Gasteiger partial charge is 0.413 e. The topological polar surface area (TPSA) is 140 Å². The van der Waals surface area contributed by atoms with Gasteiger partial charge < -0.3 is 20.2 Å². The molecule has 1 N–H and O–H groups in total. The number of hydrogen-bond acceptors (Lipinski definition) is 8. The van der Waals surface area contributed by atoms with Gasteiger partial charge in [-0.05, 0) is 36.5 Å². The summed E-state index contributed by atoms with van der Waals surface area (Å²) >= 11 is 1.43. The number of amides is 2. The molecule has 3 atom stereocenters. The number of likely N-dealkylation sites (tertiary alicyclic amines) is 1. The molecule has 212 valence electrons. The third kappa shape index (κ3) is 5.28. The number of Topliss-reactive ketones (excluding diaryl/α,β-unsaturated/α-hetero) is 1. The fraction of sp³-hybridized carbons (Fsp3) is 0.407. The minimum atomic E-state index is -4.28. The number of nitrogens with zero attached hydrogens (tertiary/aromatic N) is 3. The summed E-state index contributed by atoms with van der Waals surface area (Å²) in [5, 5.41) is 16.9. The van der Waals surface area contributed by atoms with E-state index in [0.29, 0.717) is 5.75 Å². The maximum absolute atomic E-state index is 13.8. The van der Waals surface area contributed by atoms with E-state index >= 15 is 0 Å². The number of ketones is 1. The van der Waals surface area contributed by atoms with Crippen LogP contribution in [0.2, 0.25) is 0 Å². The minimum Gasteiger partial charge on any atom is -0.618 e. The molecule has 5 rings (SSSR count). The summed E-state index contributed by atoms with van der Waals surface area (Å²) in [4.78, 5) is 41.2. The van der Waals surface area contributed by atoms with Crippen molar-refractivity contribution in [2.24, 2.45) is 5.41 Å². The number of sulfonamides is 1. The molecule has 0 aliphatic carbocycles. The molecule has 2 aliphatic heterocycles. The maximum atomic E-state index is 13.8. The van der Waals surface area contributed by atoms with Gasteiger partial charge in [0.15, 0.2) is 17.7 Å². The number of nitrogens with one attached hydrogen (secondary N) is 1. The van der Waals surface area contributed by atoms with Crippen molar-refractivity contribution in [1.82, 2.24) is 14.5 Å². The number of carbonyl (C=O) groups is 3. The van der Waals surface area contributed by atoms with Crippen molar-refractivity contribution in [3.05, 3.63) is 59.2 Å². The van der Waals surface area contributed by atoms with E-state index in [0.717, 1.165) is 20.6 Å².